The minimum absolute atomic E-state index is 0.596. The Hall–Kier alpha value is -2.22. The summed E-state index contributed by atoms with van der Waals surface area (Å²) >= 11 is 1.53. The fourth-order valence-electron chi connectivity index (χ4n) is 3.78. The van der Waals surface area contributed by atoms with Gasteiger partial charge in [-0.2, -0.15) is 11.3 Å². The van der Waals surface area contributed by atoms with E-state index in [1.165, 1.54) is 29.7 Å². The van der Waals surface area contributed by atoms with Crippen molar-refractivity contribution < 1.29 is 0 Å². The Labute approximate surface area is 178 Å². The Morgan fingerprint density at radius 2 is 2.00 bits per heavy atom. The Bertz CT molecular complexity index is 950. The summed E-state index contributed by atoms with van der Waals surface area (Å²) in [6.07, 6.45) is 4.25. The molecule has 1 aliphatic rings. The predicted molar refractivity (Wildman–Crippen MR) is 122 cm³/mol. The van der Waals surface area contributed by atoms with Gasteiger partial charge in [0.15, 0.2) is 0 Å². The van der Waals surface area contributed by atoms with Crippen molar-refractivity contribution in [1.82, 2.24) is 19.8 Å². The maximum atomic E-state index is 5.85. The van der Waals surface area contributed by atoms with Gasteiger partial charge in [0.05, 0.1) is 10.6 Å². The molecule has 29 heavy (non-hydrogen) atoms. The molecule has 1 aliphatic heterocycles. The number of aromatic nitrogens is 2. The van der Waals surface area contributed by atoms with E-state index in [9.17, 15) is 0 Å². The van der Waals surface area contributed by atoms with E-state index in [1.807, 2.05) is 18.2 Å². The average molecular weight is 403 g/mol. The molecule has 0 saturated carbocycles. The molecule has 0 unspecified atom stereocenters. The van der Waals surface area contributed by atoms with Crippen LogP contribution < -0.4 is 10.1 Å². The Balaban J connectivity index is 1.41. The lowest BCUT2D eigenvalue weighted by Crippen LogP contribution is -2.41. The van der Waals surface area contributed by atoms with Gasteiger partial charge in [-0.25, -0.2) is 9.97 Å². The number of anilines is 2. The average Bonchev–Trinajstić information content (AvgIpc) is 3.15. The lowest BCUT2D eigenvalue weighted by molar-refractivity contribution is 0.140. The number of likely N-dealkylation sites (tertiary alicyclic amines) is 1. The molecule has 3 aromatic rings. The van der Waals surface area contributed by atoms with Crippen molar-refractivity contribution in [1.29, 1.82) is 0 Å². The van der Waals surface area contributed by atoms with Gasteiger partial charge in [0, 0.05) is 24.5 Å². The largest absolute Gasteiger partial charge is 0.324 e. The molecule has 0 aliphatic carbocycles. The third kappa shape index (κ3) is 5.24. The minimum Gasteiger partial charge on any atom is -0.324 e. The molecule has 3 heterocycles. The maximum absolute atomic E-state index is 5.85. The smallest absolute Gasteiger partial charge is 0.227 e. The van der Waals surface area contributed by atoms with E-state index >= 15 is 0 Å². The Morgan fingerprint density at radius 1 is 1.17 bits per heavy atom. The Kier molecular flexibility index (Phi) is 6.28. The molecular formula is C22H26BN5S. The lowest BCUT2D eigenvalue weighted by Gasteiger charge is -2.35. The zero-order valence-corrected chi connectivity index (χ0v) is 17.8. The molecule has 1 aromatic carbocycles. The van der Waals surface area contributed by atoms with Crippen LogP contribution in [0.4, 0.5) is 11.6 Å². The van der Waals surface area contributed by atoms with Crippen LogP contribution in [0.5, 0.6) is 0 Å². The molecule has 2 radical (unpaired) electrons. The molecule has 0 amide bonds. The van der Waals surface area contributed by atoms with Crippen LogP contribution in [0.15, 0.2) is 48.7 Å². The number of nitrogens with zero attached hydrogens (tertiary/aromatic N) is 4. The molecule has 0 bridgehead atoms. The van der Waals surface area contributed by atoms with Crippen molar-refractivity contribution in [3.05, 3.63) is 54.2 Å². The first kappa shape index (κ1) is 20.1. The Morgan fingerprint density at radius 3 is 2.72 bits per heavy atom. The number of benzene rings is 1. The van der Waals surface area contributed by atoms with Crippen LogP contribution in [-0.4, -0.2) is 60.8 Å². The van der Waals surface area contributed by atoms with Gasteiger partial charge in [0.1, 0.15) is 7.85 Å². The van der Waals surface area contributed by atoms with Crippen LogP contribution in [0.25, 0.3) is 10.6 Å². The van der Waals surface area contributed by atoms with Gasteiger partial charge in [0.2, 0.25) is 5.95 Å². The van der Waals surface area contributed by atoms with Crippen molar-refractivity contribution in [3.8, 4) is 10.6 Å². The van der Waals surface area contributed by atoms with Gasteiger partial charge >= 0.3 is 0 Å². The van der Waals surface area contributed by atoms with E-state index in [2.05, 4.69) is 63.4 Å². The molecule has 2 aromatic heterocycles. The molecule has 1 fully saturated rings. The monoisotopic (exact) mass is 403 g/mol. The summed E-state index contributed by atoms with van der Waals surface area (Å²) in [5, 5.41) is 3.35. The van der Waals surface area contributed by atoms with Crippen LogP contribution in [0.2, 0.25) is 0 Å². The summed E-state index contributed by atoms with van der Waals surface area (Å²) in [7, 11) is 10.2. The van der Waals surface area contributed by atoms with E-state index in [4.69, 9.17) is 7.85 Å². The molecule has 0 spiro atoms. The summed E-state index contributed by atoms with van der Waals surface area (Å²) in [6, 6.07) is 15.0. The molecule has 1 saturated heterocycles. The summed E-state index contributed by atoms with van der Waals surface area (Å²) in [6.45, 7) is 3.27. The lowest BCUT2D eigenvalue weighted by atomic mass is 10.0. The van der Waals surface area contributed by atoms with Gasteiger partial charge in [0.25, 0.3) is 0 Å². The number of thiophene rings is 1. The number of nitrogens with one attached hydrogen (secondary N) is 1. The topological polar surface area (TPSA) is 44.3 Å². The van der Waals surface area contributed by atoms with E-state index in [0.717, 1.165) is 40.7 Å². The highest BCUT2D eigenvalue weighted by Crippen LogP contribution is 2.23. The predicted octanol–water partition coefficient (Wildman–Crippen LogP) is 3.27. The summed E-state index contributed by atoms with van der Waals surface area (Å²) in [5.41, 5.74) is 3.19. The highest BCUT2D eigenvalue weighted by atomic mass is 32.1. The van der Waals surface area contributed by atoms with E-state index in [0.29, 0.717) is 12.0 Å². The third-order valence-electron chi connectivity index (χ3n) is 5.41. The van der Waals surface area contributed by atoms with Crippen molar-refractivity contribution in [2.24, 2.45) is 0 Å². The van der Waals surface area contributed by atoms with Gasteiger partial charge in [-0.3, -0.25) is 4.90 Å². The summed E-state index contributed by atoms with van der Waals surface area (Å²) < 4.78 is 0.787. The van der Waals surface area contributed by atoms with E-state index < -0.39 is 0 Å². The van der Waals surface area contributed by atoms with Crippen LogP contribution in [0, 0.1) is 0 Å². The van der Waals surface area contributed by atoms with Gasteiger partial charge in [-0.15, -0.1) is 0 Å². The first-order valence-corrected chi connectivity index (χ1v) is 10.8. The number of hydrogen-bond acceptors (Lipinski definition) is 6. The maximum Gasteiger partial charge on any atom is 0.227 e. The van der Waals surface area contributed by atoms with Crippen molar-refractivity contribution in [2.75, 3.05) is 32.5 Å². The quantitative estimate of drug-likeness (QED) is 0.640. The number of rotatable bonds is 6. The zero-order chi connectivity index (χ0) is 20.2. The van der Waals surface area contributed by atoms with Crippen LogP contribution in [0.1, 0.15) is 18.4 Å². The SMILES string of the molecule is [B]c1ccc(-c2ccnc(Nc3cccc(CN4CCC(N(C)C)CC4)c3)n2)s1. The van der Waals surface area contributed by atoms with E-state index in [-0.39, 0.29) is 0 Å². The van der Waals surface area contributed by atoms with Crippen molar-refractivity contribution in [2.45, 2.75) is 25.4 Å². The highest BCUT2D eigenvalue weighted by Gasteiger charge is 2.20. The molecule has 1 N–H and O–H groups in total. The number of piperidine rings is 1. The van der Waals surface area contributed by atoms with Gasteiger partial charge in [-0.05, 0) is 74.6 Å². The molecule has 7 heteroatoms. The van der Waals surface area contributed by atoms with Gasteiger partial charge < -0.3 is 10.2 Å². The third-order valence-corrected chi connectivity index (χ3v) is 6.35. The first-order valence-electron chi connectivity index (χ1n) is 10.0. The number of hydrogen-bond donors (Lipinski definition) is 1. The molecule has 148 valence electrons. The first-order chi connectivity index (χ1) is 14.1. The second-order valence-corrected chi connectivity index (χ2v) is 8.88. The molecule has 0 atom stereocenters. The summed E-state index contributed by atoms with van der Waals surface area (Å²) in [4.78, 5) is 14.9. The van der Waals surface area contributed by atoms with E-state index in [1.54, 1.807) is 6.20 Å². The molecular weight excluding hydrogens is 377 g/mol. The standard InChI is InChI=1S/C22H26BN5S/c1-27(2)18-9-12-28(13-10-18)15-16-4-3-5-17(14-16)25-22-24-11-8-19(26-22)20-6-7-21(23)29-20/h3-8,11,14,18H,9-10,12-13,15H2,1-2H3,(H,24,25,26). The second-order valence-electron chi connectivity index (χ2n) is 7.76. The van der Waals surface area contributed by atoms with Crippen LogP contribution in [-0.2, 0) is 6.54 Å². The molecule has 5 nitrogen and oxygen atoms in total. The zero-order valence-electron chi connectivity index (χ0n) is 17.0. The van der Waals surface area contributed by atoms with Crippen LogP contribution >= 0.6 is 11.3 Å². The van der Waals surface area contributed by atoms with Crippen LogP contribution in [0.3, 0.4) is 0 Å². The van der Waals surface area contributed by atoms with Crippen molar-refractivity contribution in [3.63, 3.8) is 0 Å². The molecule has 4 rings (SSSR count). The van der Waals surface area contributed by atoms with Crippen molar-refractivity contribution >= 4 is 35.6 Å². The fourth-order valence-corrected chi connectivity index (χ4v) is 4.52. The fraction of sp³-hybridized carbons (Fsp3) is 0.364. The minimum atomic E-state index is 0.596. The summed E-state index contributed by atoms with van der Waals surface area (Å²) in [5.74, 6) is 0.596. The second kappa shape index (κ2) is 9.07. The normalized spacial score (nSPS) is 15.7. The highest BCUT2D eigenvalue weighted by molar-refractivity contribution is 7.23. The van der Waals surface area contributed by atoms with Gasteiger partial charge in [-0.1, -0.05) is 18.2 Å².